The fourth-order valence-corrected chi connectivity index (χ4v) is 2.05. The largest absolute Gasteiger partial charge is 0.478 e. The van der Waals surface area contributed by atoms with E-state index >= 15 is 0 Å². The van der Waals surface area contributed by atoms with Gasteiger partial charge in [0.1, 0.15) is 5.69 Å². The van der Waals surface area contributed by atoms with Gasteiger partial charge in [-0.3, -0.25) is 4.79 Å². The zero-order valence-corrected chi connectivity index (χ0v) is 12.1. The van der Waals surface area contributed by atoms with Gasteiger partial charge in [0, 0.05) is 15.9 Å². The Hall–Kier alpha value is -2.21. The van der Waals surface area contributed by atoms with E-state index in [9.17, 15) is 9.59 Å². The first-order valence-corrected chi connectivity index (χ1v) is 6.54. The minimum absolute atomic E-state index is 0.0833. The molecule has 2 N–H and O–H groups in total. The summed E-state index contributed by atoms with van der Waals surface area (Å²) in [6.45, 7) is 1.79. The number of rotatable bonds is 3. The lowest BCUT2D eigenvalue weighted by atomic mass is 10.2. The molecule has 0 aliphatic carbocycles. The average Bonchev–Trinajstić information content (AvgIpc) is 2.40. The molecule has 0 saturated carbocycles. The molecule has 5 nitrogen and oxygen atoms in total. The Morgan fingerprint density at radius 2 is 2.00 bits per heavy atom. The number of aromatic nitrogens is 1. The van der Waals surface area contributed by atoms with Gasteiger partial charge in [-0.25, -0.2) is 9.78 Å². The van der Waals surface area contributed by atoms with Crippen LogP contribution in [0.4, 0.5) is 5.69 Å². The van der Waals surface area contributed by atoms with Gasteiger partial charge >= 0.3 is 5.97 Å². The van der Waals surface area contributed by atoms with Crippen molar-refractivity contribution < 1.29 is 14.7 Å². The molecule has 0 radical (unpaired) electrons. The number of pyridine rings is 1. The fraction of sp³-hybridized carbons (Fsp3) is 0.0714. The Bertz CT molecular complexity index is 686. The molecule has 6 heteroatoms. The zero-order valence-electron chi connectivity index (χ0n) is 10.6. The van der Waals surface area contributed by atoms with Crippen molar-refractivity contribution in [1.29, 1.82) is 0 Å². The number of carboxylic acids is 1. The summed E-state index contributed by atoms with van der Waals surface area (Å²) < 4.78 is 0.455. The van der Waals surface area contributed by atoms with E-state index in [0.717, 1.165) is 5.69 Å². The highest BCUT2D eigenvalue weighted by Gasteiger charge is 2.12. The van der Waals surface area contributed by atoms with Gasteiger partial charge < -0.3 is 10.4 Å². The summed E-state index contributed by atoms with van der Waals surface area (Å²) in [6, 6.07) is 9.70. The minimum atomic E-state index is -1.07. The number of halogens is 1. The maximum atomic E-state index is 12.0. The number of amides is 1. The molecule has 1 amide bonds. The third-order valence-corrected chi connectivity index (χ3v) is 3.27. The lowest BCUT2D eigenvalue weighted by Gasteiger charge is -2.07. The van der Waals surface area contributed by atoms with Gasteiger partial charge in [-0.1, -0.05) is 6.07 Å². The molecular formula is C14H11BrN2O3. The first-order chi connectivity index (χ1) is 9.47. The molecular weight excluding hydrogens is 324 g/mol. The van der Waals surface area contributed by atoms with Crippen LogP contribution in [0.25, 0.3) is 0 Å². The topological polar surface area (TPSA) is 79.3 Å². The zero-order chi connectivity index (χ0) is 14.7. The van der Waals surface area contributed by atoms with E-state index in [4.69, 9.17) is 5.11 Å². The summed E-state index contributed by atoms with van der Waals surface area (Å²) in [5.74, 6) is -1.45. The molecule has 0 aliphatic rings. The van der Waals surface area contributed by atoms with Crippen molar-refractivity contribution in [2.24, 2.45) is 0 Å². The number of nitrogens with zero attached hydrogens (tertiary/aromatic N) is 1. The number of carboxylic acid groups (broad SMARTS) is 1. The van der Waals surface area contributed by atoms with E-state index < -0.39 is 5.97 Å². The number of carbonyl (C=O) groups is 2. The summed E-state index contributed by atoms with van der Waals surface area (Å²) in [5.41, 5.74) is 1.50. The Morgan fingerprint density at radius 3 is 2.65 bits per heavy atom. The normalized spacial score (nSPS) is 10.1. The monoisotopic (exact) mass is 334 g/mol. The second-order valence-corrected chi connectivity index (χ2v) is 4.97. The van der Waals surface area contributed by atoms with Crippen LogP contribution in [0.1, 0.15) is 26.5 Å². The number of carbonyl (C=O) groups excluding carboxylic acids is 1. The second-order valence-electron chi connectivity index (χ2n) is 4.12. The Balaban J connectivity index is 2.24. The molecule has 20 heavy (non-hydrogen) atoms. The second kappa shape index (κ2) is 5.83. The van der Waals surface area contributed by atoms with Gasteiger partial charge in [0.2, 0.25) is 0 Å². The van der Waals surface area contributed by atoms with Gasteiger partial charge in [0.05, 0.1) is 5.56 Å². The SMILES string of the molecule is Cc1cccc(C(=O)Nc2ccc(Br)c(C(=O)O)c2)n1. The summed E-state index contributed by atoms with van der Waals surface area (Å²) >= 11 is 3.15. The maximum absolute atomic E-state index is 12.0. The predicted octanol–water partition coefficient (Wildman–Crippen LogP) is 3.10. The molecule has 2 rings (SSSR count). The molecule has 0 fully saturated rings. The van der Waals surface area contributed by atoms with Crippen LogP contribution in [0.3, 0.4) is 0 Å². The van der Waals surface area contributed by atoms with Crippen LogP contribution in [-0.4, -0.2) is 22.0 Å². The molecule has 0 aliphatic heterocycles. The van der Waals surface area contributed by atoms with Gasteiger partial charge in [-0.05, 0) is 53.2 Å². The van der Waals surface area contributed by atoms with Gasteiger partial charge in [0.15, 0.2) is 0 Å². The molecule has 0 saturated heterocycles. The summed E-state index contributed by atoms with van der Waals surface area (Å²) in [6.07, 6.45) is 0. The highest BCUT2D eigenvalue weighted by Crippen LogP contribution is 2.21. The number of anilines is 1. The maximum Gasteiger partial charge on any atom is 0.336 e. The highest BCUT2D eigenvalue weighted by atomic mass is 79.9. The van der Waals surface area contributed by atoms with Crippen molar-refractivity contribution in [2.75, 3.05) is 5.32 Å². The first kappa shape index (κ1) is 14.2. The van der Waals surface area contributed by atoms with Crippen LogP contribution in [-0.2, 0) is 0 Å². The van der Waals surface area contributed by atoms with Crippen LogP contribution < -0.4 is 5.32 Å². The quantitative estimate of drug-likeness (QED) is 0.903. The highest BCUT2D eigenvalue weighted by molar-refractivity contribution is 9.10. The Kier molecular flexibility index (Phi) is 4.14. The van der Waals surface area contributed by atoms with Gasteiger partial charge in [0.25, 0.3) is 5.91 Å². The smallest absolute Gasteiger partial charge is 0.336 e. The van der Waals surface area contributed by atoms with Crippen LogP contribution in [0.15, 0.2) is 40.9 Å². The molecule has 102 valence electrons. The molecule has 0 unspecified atom stereocenters. The molecule has 1 aromatic heterocycles. The van der Waals surface area contributed by atoms with Crippen LogP contribution >= 0.6 is 15.9 Å². The number of hydrogen-bond acceptors (Lipinski definition) is 3. The number of hydrogen-bond donors (Lipinski definition) is 2. The Labute approximate surface area is 123 Å². The lowest BCUT2D eigenvalue weighted by molar-refractivity contribution is 0.0695. The third kappa shape index (κ3) is 3.21. The van der Waals surface area contributed by atoms with E-state index in [-0.39, 0.29) is 17.2 Å². The van der Waals surface area contributed by atoms with Crippen molar-refractivity contribution in [1.82, 2.24) is 4.98 Å². The molecule has 2 aromatic rings. The van der Waals surface area contributed by atoms with Gasteiger partial charge in [-0.15, -0.1) is 0 Å². The van der Waals surface area contributed by atoms with E-state index in [2.05, 4.69) is 26.2 Å². The van der Waals surface area contributed by atoms with Gasteiger partial charge in [-0.2, -0.15) is 0 Å². The van der Waals surface area contributed by atoms with Crippen LogP contribution in [0.5, 0.6) is 0 Å². The lowest BCUT2D eigenvalue weighted by Crippen LogP contribution is -2.14. The van der Waals surface area contributed by atoms with E-state index in [1.807, 2.05) is 0 Å². The Morgan fingerprint density at radius 1 is 1.25 bits per heavy atom. The van der Waals surface area contributed by atoms with Crippen molar-refractivity contribution >= 4 is 33.5 Å². The van der Waals surface area contributed by atoms with Crippen molar-refractivity contribution in [2.45, 2.75) is 6.92 Å². The van der Waals surface area contributed by atoms with Crippen molar-refractivity contribution in [3.8, 4) is 0 Å². The standard InChI is InChI=1S/C14H11BrN2O3/c1-8-3-2-4-12(16-8)13(18)17-9-5-6-11(15)10(7-9)14(19)20/h2-7H,1H3,(H,17,18)(H,19,20). The van der Waals surface area contributed by atoms with E-state index in [1.165, 1.54) is 6.07 Å². The predicted molar refractivity (Wildman–Crippen MR) is 78.0 cm³/mol. The van der Waals surface area contributed by atoms with E-state index in [1.54, 1.807) is 37.3 Å². The van der Waals surface area contributed by atoms with E-state index in [0.29, 0.717) is 10.2 Å². The van der Waals surface area contributed by atoms with Crippen LogP contribution in [0.2, 0.25) is 0 Å². The molecule has 0 atom stereocenters. The number of nitrogens with one attached hydrogen (secondary N) is 1. The molecule has 0 bridgehead atoms. The third-order valence-electron chi connectivity index (χ3n) is 2.58. The summed E-state index contributed by atoms with van der Waals surface area (Å²) in [4.78, 5) is 27.1. The summed E-state index contributed by atoms with van der Waals surface area (Å²) in [7, 11) is 0. The van der Waals surface area contributed by atoms with Crippen molar-refractivity contribution in [3.05, 3.63) is 57.8 Å². The average molecular weight is 335 g/mol. The fourth-order valence-electron chi connectivity index (χ4n) is 1.63. The van der Waals surface area contributed by atoms with Crippen LogP contribution in [0, 0.1) is 6.92 Å². The molecule has 0 spiro atoms. The molecule has 1 aromatic carbocycles. The first-order valence-electron chi connectivity index (χ1n) is 5.75. The number of aryl methyl sites for hydroxylation is 1. The molecule has 1 heterocycles. The summed E-state index contributed by atoms with van der Waals surface area (Å²) in [5, 5.41) is 11.6. The number of aromatic carboxylic acids is 1. The minimum Gasteiger partial charge on any atom is -0.478 e. The number of benzene rings is 1. The van der Waals surface area contributed by atoms with Crippen molar-refractivity contribution in [3.63, 3.8) is 0 Å².